The summed E-state index contributed by atoms with van der Waals surface area (Å²) >= 11 is 3.55. The van der Waals surface area contributed by atoms with Crippen LogP contribution in [0.15, 0.2) is 34.9 Å². The van der Waals surface area contributed by atoms with Crippen LogP contribution >= 0.6 is 15.9 Å². The third-order valence-electron chi connectivity index (χ3n) is 4.32. The maximum Gasteiger partial charge on any atom is 0.135 e. The summed E-state index contributed by atoms with van der Waals surface area (Å²) in [6, 6.07) is 10.8. The van der Waals surface area contributed by atoms with E-state index in [1.54, 1.807) is 0 Å². The zero-order chi connectivity index (χ0) is 14.2. The lowest BCUT2D eigenvalue weighted by Crippen LogP contribution is -2.24. The van der Waals surface area contributed by atoms with Crippen LogP contribution < -0.4 is 4.90 Å². The highest BCUT2D eigenvalue weighted by atomic mass is 79.9. The Balaban J connectivity index is 1.67. The van der Waals surface area contributed by atoms with Crippen molar-refractivity contribution in [1.82, 2.24) is 9.97 Å². The van der Waals surface area contributed by atoms with Gasteiger partial charge < -0.3 is 4.90 Å². The number of benzene rings is 1. The first-order valence-corrected chi connectivity index (χ1v) is 8.45. The Morgan fingerprint density at radius 2 is 1.90 bits per heavy atom. The number of nitrogens with zero attached hydrogens (tertiary/aromatic N) is 3. The molecule has 108 valence electrons. The number of hydrogen-bond acceptors (Lipinski definition) is 3. The smallest absolute Gasteiger partial charge is 0.135 e. The van der Waals surface area contributed by atoms with Crippen molar-refractivity contribution in [2.45, 2.75) is 38.1 Å². The van der Waals surface area contributed by atoms with E-state index in [-0.39, 0.29) is 0 Å². The molecule has 1 aliphatic heterocycles. The number of anilines is 1. The number of halogens is 1. The van der Waals surface area contributed by atoms with Crippen molar-refractivity contribution in [3.05, 3.63) is 51.9 Å². The fourth-order valence-corrected chi connectivity index (χ4v) is 3.39. The van der Waals surface area contributed by atoms with E-state index in [9.17, 15) is 0 Å². The Morgan fingerprint density at radius 3 is 2.71 bits per heavy atom. The Bertz CT molecular complexity index is 667. The topological polar surface area (TPSA) is 29.0 Å². The second-order valence-corrected chi connectivity index (χ2v) is 6.79. The number of rotatable bonds is 2. The van der Waals surface area contributed by atoms with Gasteiger partial charge in [0.2, 0.25) is 0 Å². The minimum Gasteiger partial charge on any atom is -0.352 e. The molecule has 4 rings (SSSR count). The maximum absolute atomic E-state index is 4.82. The molecule has 1 aliphatic carbocycles. The summed E-state index contributed by atoms with van der Waals surface area (Å²) in [4.78, 5) is 11.7. The molecule has 0 bridgehead atoms. The third-order valence-corrected chi connectivity index (χ3v) is 4.73. The second-order valence-electron chi connectivity index (χ2n) is 5.98. The first kappa shape index (κ1) is 13.3. The van der Waals surface area contributed by atoms with Gasteiger partial charge in [-0.2, -0.15) is 0 Å². The fourth-order valence-electron chi connectivity index (χ4n) is 3.01. The Kier molecular flexibility index (Phi) is 3.42. The van der Waals surface area contributed by atoms with Crippen LogP contribution in [0.4, 0.5) is 5.82 Å². The van der Waals surface area contributed by atoms with Crippen LogP contribution in [0.3, 0.4) is 0 Å². The third kappa shape index (κ3) is 2.82. The molecule has 0 atom stereocenters. The Labute approximate surface area is 133 Å². The van der Waals surface area contributed by atoms with Crippen LogP contribution in [0.2, 0.25) is 0 Å². The van der Waals surface area contributed by atoms with Gasteiger partial charge >= 0.3 is 0 Å². The Morgan fingerprint density at radius 1 is 1.10 bits per heavy atom. The van der Waals surface area contributed by atoms with Crippen molar-refractivity contribution in [3.63, 3.8) is 0 Å². The van der Waals surface area contributed by atoms with E-state index < -0.39 is 0 Å². The lowest BCUT2D eigenvalue weighted by Gasteiger charge is -2.22. The average Bonchev–Trinajstić information content (AvgIpc) is 3.32. The molecule has 0 spiro atoms. The number of fused-ring (bicyclic) bond motifs is 1. The molecule has 4 heteroatoms. The molecule has 0 N–H and O–H groups in total. The van der Waals surface area contributed by atoms with Gasteiger partial charge in [-0.15, -0.1) is 0 Å². The fraction of sp³-hybridized carbons (Fsp3) is 0.412. The molecular formula is C17H18BrN3. The van der Waals surface area contributed by atoms with Gasteiger partial charge in [0.05, 0.1) is 0 Å². The molecule has 0 radical (unpaired) electrons. The van der Waals surface area contributed by atoms with E-state index in [1.807, 2.05) is 0 Å². The average molecular weight is 344 g/mol. The van der Waals surface area contributed by atoms with Crippen molar-refractivity contribution in [1.29, 1.82) is 0 Å². The summed E-state index contributed by atoms with van der Waals surface area (Å²) in [5.41, 5.74) is 2.91. The van der Waals surface area contributed by atoms with Gasteiger partial charge in [-0.25, -0.2) is 9.97 Å². The summed E-state index contributed by atoms with van der Waals surface area (Å²) in [5, 5.41) is 0. The van der Waals surface area contributed by atoms with Crippen molar-refractivity contribution in [2.75, 3.05) is 11.4 Å². The first-order valence-electron chi connectivity index (χ1n) is 7.66. The Hall–Kier alpha value is -1.42. The van der Waals surface area contributed by atoms with Crippen LogP contribution in [0, 0.1) is 0 Å². The first-order chi connectivity index (χ1) is 10.3. The largest absolute Gasteiger partial charge is 0.352 e. The van der Waals surface area contributed by atoms with Crippen molar-refractivity contribution in [2.24, 2.45) is 0 Å². The minimum atomic E-state index is 0.584. The van der Waals surface area contributed by atoms with Crippen molar-refractivity contribution >= 4 is 21.7 Å². The molecule has 1 aromatic heterocycles. The molecule has 21 heavy (non-hydrogen) atoms. The summed E-state index contributed by atoms with van der Waals surface area (Å²) in [7, 11) is 0. The lowest BCUT2D eigenvalue weighted by atomic mass is 10.0. The summed E-state index contributed by atoms with van der Waals surface area (Å²) in [5.74, 6) is 2.66. The summed E-state index contributed by atoms with van der Waals surface area (Å²) < 4.78 is 0.909. The molecular weight excluding hydrogens is 326 g/mol. The van der Waals surface area contributed by atoms with Gasteiger partial charge in [0.25, 0.3) is 0 Å². The van der Waals surface area contributed by atoms with Crippen LogP contribution in [0.25, 0.3) is 0 Å². The molecule has 0 amide bonds. The number of hydrogen-bond donors (Lipinski definition) is 0. The molecule has 3 nitrogen and oxygen atoms in total. The molecule has 0 unspecified atom stereocenters. The zero-order valence-corrected chi connectivity index (χ0v) is 13.5. The van der Waals surface area contributed by atoms with Crippen LogP contribution in [0.5, 0.6) is 0 Å². The SMILES string of the molecule is Brc1cc(N2CCCc3ccccc3C2)nc(C2CC2)n1. The van der Waals surface area contributed by atoms with E-state index >= 15 is 0 Å². The van der Waals surface area contributed by atoms with Crippen LogP contribution in [-0.4, -0.2) is 16.5 Å². The highest BCUT2D eigenvalue weighted by Crippen LogP contribution is 2.39. The summed E-state index contributed by atoms with van der Waals surface area (Å²) in [6.07, 6.45) is 4.81. The molecule has 2 aromatic rings. The molecule has 0 saturated heterocycles. The predicted molar refractivity (Wildman–Crippen MR) is 87.5 cm³/mol. The maximum atomic E-state index is 4.82. The quantitative estimate of drug-likeness (QED) is 0.769. The standard InChI is InChI=1S/C17H18BrN3/c18-15-10-16(20-17(19-15)13-7-8-13)21-9-3-6-12-4-1-2-5-14(12)11-21/h1-2,4-5,10,13H,3,6-9,11H2. The molecule has 1 fully saturated rings. The predicted octanol–water partition coefficient (Wildman–Crippen LogP) is 4.07. The van der Waals surface area contributed by atoms with Crippen LogP contribution in [-0.2, 0) is 13.0 Å². The molecule has 2 heterocycles. The van der Waals surface area contributed by atoms with E-state index in [2.05, 4.69) is 56.1 Å². The van der Waals surface area contributed by atoms with Gasteiger partial charge in [0.1, 0.15) is 16.2 Å². The number of aryl methyl sites for hydroxylation is 1. The van der Waals surface area contributed by atoms with E-state index in [0.717, 1.165) is 35.8 Å². The zero-order valence-electron chi connectivity index (χ0n) is 11.9. The summed E-state index contributed by atoms with van der Waals surface area (Å²) in [6.45, 7) is 2.01. The van der Waals surface area contributed by atoms with Crippen molar-refractivity contribution in [3.8, 4) is 0 Å². The molecule has 2 aliphatic rings. The van der Waals surface area contributed by atoms with E-state index in [0.29, 0.717) is 5.92 Å². The van der Waals surface area contributed by atoms with E-state index in [1.165, 1.54) is 30.4 Å². The van der Waals surface area contributed by atoms with Crippen molar-refractivity contribution < 1.29 is 0 Å². The van der Waals surface area contributed by atoms with Gasteiger partial charge in [-0.05, 0) is 52.7 Å². The van der Waals surface area contributed by atoms with Gasteiger partial charge in [0.15, 0.2) is 0 Å². The van der Waals surface area contributed by atoms with Crippen LogP contribution in [0.1, 0.15) is 42.1 Å². The highest BCUT2D eigenvalue weighted by molar-refractivity contribution is 9.10. The lowest BCUT2D eigenvalue weighted by molar-refractivity contribution is 0.744. The normalized spacial score (nSPS) is 18.2. The minimum absolute atomic E-state index is 0.584. The van der Waals surface area contributed by atoms with Gasteiger partial charge in [0, 0.05) is 25.1 Å². The highest BCUT2D eigenvalue weighted by Gasteiger charge is 2.28. The molecule has 1 saturated carbocycles. The second kappa shape index (κ2) is 5.41. The van der Waals surface area contributed by atoms with Gasteiger partial charge in [-0.1, -0.05) is 24.3 Å². The molecule has 1 aromatic carbocycles. The monoisotopic (exact) mass is 343 g/mol. The number of aromatic nitrogens is 2. The van der Waals surface area contributed by atoms with E-state index in [4.69, 9.17) is 4.98 Å². The van der Waals surface area contributed by atoms with Gasteiger partial charge in [-0.3, -0.25) is 0 Å².